The Morgan fingerprint density at radius 3 is 2.83 bits per heavy atom. The van der Waals surface area contributed by atoms with Crippen molar-refractivity contribution in [2.45, 2.75) is 65.5 Å². The van der Waals surface area contributed by atoms with E-state index in [-0.39, 0.29) is 17.4 Å². The molecule has 1 aliphatic carbocycles. The Balaban J connectivity index is 1.87. The highest BCUT2D eigenvalue weighted by atomic mass is 16.6. The summed E-state index contributed by atoms with van der Waals surface area (Å²) in [4.78, 5) is 12.5. The molecule has 3 aliphatic rings. The third kappa shape index (κ3) is 3.32. The maximum absolute atomic E-state index is 12.5. The van der Waals surface area contributed by atoms with Crippen molar-refractivity contribution in [2.75, 3.05) is 13.2 Å². The van der Waals surface area contributed by atoms with Crippen molar-refractivity contribution in [3.05, 3.63) is 23.0 Å². The number of hydrogen-bond acceptors (Lipinski definition) is 4. The lowest BCUT2D eigenvalue weighted by Gasteiger charge is -2.41. The van der Waals surface area contributed by atoms with E-state index < -0.39 is 5.60 Å². The molecule has 0 aromatic carbocycles. The Hall–Kier alpha value is -1.29. The molecule has 128 valence electrons. The maximum Gasteiger partial charge on any atom is 0.323 e. The van der Waals surface area contributed by atoms with Gasteiger partial charge in [-0.3, -0.25) is 4.79 Å². The van der Waals surface area contributed by atoms with Gasteiger partial charge in [-0.05, 0) is 68.1 Å². The van der Waals surface area contributed by atoms with E-state index >= 15 is 0 Å². The molecule has 3 rings (SSSR count). The van der Waals surface area contributed by atoms with Crippen LogP contribution in [0.4, 0.5) is 0 Å². The van der Waals surface area contributed by atoms with Gasteiger partial charge in [0.05, 0.1) is 6.26 Å². The number of carbonyl (C=O) groups is 1. The number of nitrogens with one attached hydrogen (secondary N) is 1. The van der Waals surface area contributed by atoms with Crippen molar-refractivity contribution in [1.82, 2.24) is 5.32 Å². The van der Waals surface area contributed by atoms with Gasteiger partial charge in [-0.2, -0.15) is 0 Å². The molecule has 1 N–H and O–H groups in total. The molecular weight excluding hydrogens is 290 g/mol. The summed E-state index contributed by atoms with van der Waals surface area (Å²) in [6.07, 6.45) is 4.96. The first-order chi connectivity index (χ1) is 10.7. The van der Waals surface area contributed by atoms with Gasteiger partial charge in [0, 0.05) is 6.54 Å². The fourth-order valence-corrected chi connectivity index (χ4v) is 3.92. The predicted molar refractivity (Wildman–Crippen MR) is 89.8 cm³/mol. The summed E-state index contributed by atoms with van der Waals surface area (Å²) in [5, 5.41) is 3.44. The third-order valence-electron chi connectivity index (χ3n) is 5.14. The zero-order valence-corrected chi connectivity index (χ0v) is 15.0. The van der Waals surface area contributed by atoms with Crippen molar-refractivity contribution < 1.29 is 14.3 Å². The summed E-state index contributed by atoms with van der Waals surface area (Å²) in [6.45, 7) is 11.8. The SMILES string of the molecule is CC(C)(C)OC(=O)C1CC2=C3C(=COC2)C(C)(C)CCC3CN1. The van der Waals surface area contributed by atoms with Crippen molar-refractivity contribution in [3.63, 3.8) is 0 Å². The number of ether oxygens (including phenoxy) is 2. The summed E-state index contributed by atoms with van der Waals surface area (Å²) in [5.74, 6) is 0.334. The monoisotopic (exact) mass is 319 g/mol. The normalized spacial score (nSPS) is 29.9. The van der Waals surface area contributed by atoms with E-state index in [9.17, 15) is 4.79 Å². The second-order valence-electron chi connectivity index (χ2n) is 8.68. The predicted octanol–water partition coefficient (Wildman–Crippen LogP) is 3.34. The molecule has 0 spiro atoms. The first-order valence-electron chi connectivity index (χ1n) is 8.68. The first kappa shape index (κ1) is 16.6. The molecule has 2 heterocycles. The number of rotatable bonds is 1. The Kier molecular flexibility index (Phi) is 4.07. The van der Waals surface area contributed by atoms with Crippen LogP contribution in [0.1, 0.15) is 53.9 Å². The molecule has 1 fully saturated rings. The number of hydrogen-bond donors (Lipinski definition) is 1. The summed E-state index contributed by atoms with van der Waals surface area (Å²) >= 11 is 0. The third-order valence-corrected chi connectivity index (χ3v) is 5.14. The van der Waals surface area contributed by atoms with Crippen LogP contribution in [0, 0.1) is 11.3 Å². The van der Waals surface area contributed by atoms with E-state index in [0.29, 0.717) is 18.9 Å². The van der Waals surface area contributed by atoms with E-state index in [0.717, 1.165) is 19.4 Å². The van der Waals surface area contributed by atoms with Crippen molar-refractivity contribution in [1.29, 1.82) is 0 Å². The van der Waals surface area contributed by atoms with Crippen molar-refractivity contribution in [2.24, 2.45) is 11.3 Å². The smallest absolute Gasteiger partial charge is 0.323 e. The minimum atomic E-state index is -0.453. The molecule has 0 radical (unpaired) electrons. The van der Waals surface area contributed by atoms with E-state index in [4.69, 9.17) is 9.47 Å². The van der Waals surface area contributed by atoms with Crippen LogP contribution in [0.5, 0.6) is 0 Å². The van der Waals surface area contributed by atoms with Crippen LogP contribution in [0.3, 0.4) is 0 Å². The van der Waals surface area contributed by atoms with Gasteiger partial charge in [0.25, 0.3) is 0 Å². The van der Waals surface area contributed by atoms with Gasteiger partial charge in [0.15, 0.2) is 0 Å². The van der Waals surface area contributed by atoms with Crippen LogP contribution in [0.2, 0.25) is 0 Å². The van der Waals surface area contributed by atoms with Gasteiger partial charge in [0.1, 0.15) is 18.2 Å². The zero-order chi connectivity index (χ0) is 16.8. The van der Waals surface area contributed by atoms with Crippen LogP contribution < -0.4 is 5.32 Å². The molecule has 2 unspecified atom stereocenters. The van der Waals surface area contributed by atoms with Crippen LogP contribution in [-0.4, -0.2) is 30.8 Å². The molecule has 23 heavy (non-hydrogen) atoms. The molecule has 0 aromatic rings. The maximum atomic E-state index is 12.5. The lowest BCUT2D eigenvalue weighted by Crippen LogP contribution is -2.42. The van der Waals surface area contributed by atoms with E-state index in [1.165, 1.54) is 16.7 Å². The molecule has 4 nitrogen and oxygen atoms in total. The summed E-state index contributed by atoms with van der Waals surface area (Å²) in [5.41, 5.74) is 3.77. The van der Waals surface area contributed by atoms with E-state index in [1.807, 2.05) is 27.0 Å². The Morgan fingerprint density at radius 1 is 1.39 bits per heavy atom. The van der Waals surface area contributed by atoms with Gasteiger partial charge >= 0.3 is 5.97 Å². The van der Waals surface area contributed by atoms with Crippen LogP contribution in [-0.2, 0) is 14.3 Å². The van der Waals surface area contributed by atoms with E-state index in [2.05, 4.69) is 19.2 Å². The molecule has 2 atom stereocenters. The highest BCUT2D eigenvalue weighted by molar-refractivity contribution is 5.77. The van der Waals surface area contributed by atoms with Gasteiger partial charge < -0.3 is 14.8 Å². The van der Waals surface area contributed by atoms with Gasteiger partial charge in [0.2, 0.25) is 0 Å². The quantitative estimate of drug-likeness (QED) is 0.753. The molecule has 4 heteroatoms. The minimum Gasteiger partial charge on any atom is -0.497 e. The zero-order valence-electron chi connectivity index (χ0n) is 15.0. The summed E-state index contributed by atoms with van der Waals surface area (Å²) < 4.78 is 11.3. The Bertz CT molecular complexity index is 566. The Labute approximate surface area is 139 Å². The Morgan fingerprint density at radius 2 is 2.13 bits per heavy atom. The van der Waals surface area contributed by atoms with Gasteiger partial charge in [-0.15, -0.1) is 0 Å². The highest BCUT2D eigenvalue weighted by Crippen LogP contribution is 2.49. The number of esters is 1. The molecule has 0 bridgehead atoms. The average molecular weight is 319 g/mol. The highest BCUT2D eigenvalue weighted by Gasteiger charge is 2.41. The lowest BCUT2D eigenvalue weighted by atomic mass is 9.65. The lowest BCUT2D eigenvalue weighted by molar-refractivity contribution is -0.157. The van der Waals surface area contributed by atoms with E-state index in [1.54, 1.807) is 0 Å². The average Bonchev–Trinajstić information content (AvgIpc) is 2.62. The first-order valence-corrected chi connectivity index (χ1v) is 8.68. The molecule has 1 saturated carbocycles. The summed E-state index contributed by atoms with van der Waals surface area (Å²) in [6, 6.07) is -0.270. The fourth-order valence-electron chi connectivity index (χ4n) is 3.92. The molecule has 0 amide bonds. The fraction of sp³-hybridized carbons (Fsp3) is 0.737. The minimum absolute atomic E-state index is 0.153. The topological polar surface area (TPSA) is 47.6 Å². The largest absolute Gasteiger partial charge is 0.497 e. The van der Waals surface area contributed by atoms with Crippen molar-refractivity contribution >= 4 is 5.97 Å². The number of allylic oxidation sites excluding steroid dienone is 1. The van der Waals surface area contributed by atoms with Crippen LogP contribution >= 0.6 is 0 Å². The molecular formula is C19H29NO3. The van der Waals surface area contributed by atoms with Crippen LogP contribution in [0.25, 0.3) is 0 Å². The van der Waals surface area contributed by atoms with Gasteiger partial charge in [-0.1, -0.05) is 13.8 Å². The van der Waals surface area contributed by atoms with Crippen molar-refractivity contribution in [3.8, 4) is 0 Å². The summed E-state index contributed by atoms with van der Waals surface area (Å²) in [7, 11) is 0. The standard InChI is InChI=1S/C19H29NO3/c1-18(2,3)23-17(21)15-8-13-10-22-11-14-16(13)12(9-20-15)6-7-19(14,4)5/h11-12,15,20H,6-10H2,1-5H3. The van der Waals surface area contributed by atoms with Crippen LogP contribution in [0.15, 0.2) is 23.0 Å². The number of carbonyl (C=O) groups excluding carboxylic acids is 1. The van der Waals surface area contributed by atoms with Gasteiger partial charge in [-0.25, -0.2) is 0 Å². The second kappa shape index (κ2) is 5.66. The molecule has 2 aliphatic heterocycles. The second-order valence-corrected chi connectivity index (χ2v) is 8.68. The molecule has 0 aromatic heterocycles. The molecule has 0 saturated heterocycles.